The van der Waals surface area contributed by atoms with Crippen LogP contribution in [-0.4, -0.2) is 78.1 Å². The van der Waals surface area contributed by atoms with Crippen molar-refractivity contribution in [3.63, 3.8) is 0 Å². The van der Waals surface area contributed by atoms with Gasteiger partial charge in [-0.05, 0) is 73.0 Å². The van der Waals surface area contributed by atoms with E-state index in [2.05, 4.69) is 11.9 Å². The summed E-state index contributed by atoms with van der Waals surface area (Å²) >= 11 is 0. The Bertz CT molecular complexity index is 453. The Morgan fingerprint density at radius 3 is 2.25 bits per heavy atom. The van der Waals surface area contributed by atoms with Gasteiger partial charge in [0.05, 0.1) is 0 Å². The van der Waals surface area contributed by atoms with Crippen molar-refractivity contribution in [2.45, 2.75) is 70.6 Å². The quantitative estimate of drug-likeness (QED) is 0.775. The van der Waals surface area contributed by atoms with Crippen LogP contribution in [0, 0.1) is 0 Å². The van der Waals surface area contributed by atoms with Crippen molar-refractivity contribution in [1.29, 1.82) is 0 Å². The Morgan fingerprint density at radius 2 is 1.67 bits per heavy atom. The number of piperidine rings is 2. The highest BCUT2D eigenvalue weighted by atomic mass is 16.6. The molecule has 0 saturated carbocycles. The van der Waals surface area contributed by atoms with Crippen LogP contribution in [0.25, 0.3) is 0 Å². The molecule has 0 aliphatic carbocycles. The molecule has 0 unspecified atom stereocenters. The average Bonchev–Trinajstić information content (AvgIpc) is 2.52. The SMILES string of the molecule is CN1CCC(N(C)C(=O)[C@H]2CCCCN2C(=O)OC(C)(C)C)CC1. The summed E-state index contributed by atoms with van der Waals surface area (Å²) in [6.07, 6.45) is 4.28. The molecular weight excluding hydrogens is 306 g/mol. The Kier molecular flexibility index (Phi) is 6.12. The van der Waals surface area contributed by atoms with Crippen LogP contribution in [0.2, 0.25) is 0 Å². The molecule has 0 aromatic heterocycles. The van der Waals surface area contributed by atoms with E-state index in [9.17, 15) is 9.59 Å². The largest absolute Gasteiger partial charge is 0.444 e. The number of ether oxygens (including phenoxy) is 1. The number of hydrogen-bond donors (Lipinski definition) is 0. The maximum atomic E-state index is 13.0. The van der Waals surface area contributed by atoms with Gasteiger partial charge in [-0.1, -0.05) is 0 Å². The molecule has 24 heavy (non-hydrogen) atoms. The second-order valence-electron chi connectivity index (χ2n) is 8.17. The van der Waals surface area contributed by atoms with E-state index in [0.717, 1.165) is 45.2 Å². The number of rotatable bonds is 2. The molecule has 6 heteroatoms. The van der Waals surface area contributed by atoms with Crippen LogP contribution in [0.5, 0.6) is 0 Å². The first-order valence-electron chi connectivity index (χ1n) is 9.14. The Morgan fingerprint density at radius 1 is 1.04 bits per heavy atom. The zero-order chi connectivity index (χ0) is 17.9. The molecule has 2 rings (SSSR count). The van der Waals surface area contributed by atoms with E-state index in [1.807, 2.05) is 32.7 Å². The second-order valence-corrected chi connectivity index (χ2v) is 8.17. The number of amides is 2. The number of likely N-dealkylation sites (tertiary alicyclic amines) is 2. The van der Waals surface area contributed by atoms with Crippen LogP contribution in [0.15, 0.2) is 0 Å². The molecule has 0 N–H and O–H groups in total. The van der Waals surface area contributed by atoms with Gasteiger partial charge in [-0.3, -0.25) is 9.69 Å². The van der Waals surface area contributed by atoms with Crippen LogP contribution in [0.4, 0.5) is 4.79 Å². The van der Waals surface area contributed by atoms with Gasteiger partial charge < -0.3 is 14.5 Å². The van der Waals surface area contributed by atoms with E-state index in [4.69, 9.17) is 4.74 Å². The highest BCUT2D eigenvalue weighted by molar-refractivity contribution is 5.86. The molecular formula is C18H33N3O3. The molecule has 1 atom stereocenters. The minimum Gasteiger partial charge on any atom is -0.444 e. The minimum atomic E-state index is -0.540. The fourth-order valence-electron chi connectivity index (χ4n) is 3.52. The number of nitrogens with zero attached hydrogens (tertiary/aromatic N) is 3. The summed E-state index contributed by atoms with van der Waals surface area (Å²) in [5.41, 5.74) is -0.540. The van der Waals surface area contributed by atoms with Crippen molar-refractivity contribution < 1.29 is 14.3 Å². The topological polar surface area (TPSA) is 53.1 Å². The van der Waals surface area contributed by atoms with E-state index in [1.165, 1.54) is 0 Å². The first-order valence-corrected chi connectivity index (χ1v) is 9.14. The summed E-state index contributed by atoms with van der Waals surface area (Å²) in [5.74, 6) is 0.0649. The lowest BCUT2D eigenvalue weighted by atomic mass is 9.98. The highest BCUT2D eigenvalue weighted by Gasteiger charge is 2.38. The van der Waals surface area contributed by atoms with Crippen LogP contribution in [0.1, 0.15) is 52.9 Å². The van der Waals surface area contributed by atoms with Gasteiger partial charge >= 0.3 is 6.09 Å². The molecule has 0 spiro atoms. The van der Waals surface area contributed by atoms with Gasteiger partial charge in [0.25, 0.3) is 0 Å². The third kappa shape index (κ3) is 4.85. The van der Waals surface area contributed by atoms with Crippen LogP contribution in [0.3, 0.4) is 0 Å². The molecule has 2 aliphatic rings. The van der Waals surface area contributed by atoms with Crippen LogP contribution < -0.4 is 0 Å². The zero-order valence-electron chi connectivity index (χ0n) is 15.9. The smallest absolute Gasteiger partial charge is 0.410 e. The van der Waals surface area contributed by atoms with Crippen molar-refractivity contribution in [2.75, 3.05) is 33.7 Å². The van der Waals surface area contributed by atoms with E-state index in [-0.39, 0.29) is 24.1 Å². The van der Waals surface area contributed by atoms with Crippen LogP contribution >= 0.6 is 0 Å². The predicted octanol–water partition coefficient (Wildman–Crippen LogP) is 2.33. The van der Waals surface area contributed by atoms with Gasteiger partial charge in [0.1, 0.15) is 11.6 Å². The summed E-state index contributed by atoms with van der Waals surface area (Å²) in [4.78, 5) is 31.3. The van der Waals surface area contributed by atoms with E-state index >= 15 is 0 Å². The van der Waals surface area contributed by atoms with Crippen molar-refractivity contribution in [3.05, 3.63) is 0 Å². The molecule has 2 fully saturated rings. The van der Waals surface area contributed by atoms with Gasteiger partial charge in [-0.2, -0.15) is 0 Å². The van der Waals surface area contributed by atoms with Crippen molar-refractivity contribution in [2.24, 2.45) is 0 Å². The molecule has 2 saturated heterocycles. The highest BCUT2D eigenvalue weighted by Crippen LogP contribution is 2.24. The van der Waals surface area contributed by atoms with E-state index < -0.39 is 5.60 Å². The summed E-state index contributed by atoms with van der Waals surface area (Å²) in [6.45, 7) is 8.21. The molecule has 0 bridgehead atoms. The maximum Gasteiger partial charge on any atom is 0.410 e. The lowest BCUT2D eigenvalue weighted by Crippen LogP contribution is -2.56. The van der Waals surface area contributed by atoms with Crippen molar-refractivity contribution in [1.82, 2.24) is 14.7 Å². The minimum absolute atomic E-state index is 0.0649. The third-order valence-corrected chi connectivity index (χ3v) is 5.00. The van der Waals surface area contributed by atoms with Crippen LogP contribution in [-0.2, 0) is 9.53 Å². The monoisotopic (exact) mass is 339 g/mol. The fourth-order valence-corrected chi connectivity index (χ4v) is 3.52. The zero-order valence-corrected chi connectivity index (χ0v) is 15.9. The molecule has 2 heterocycles. The average molecular weight is 339 g/mol. The predicted molar refractivity (Wildman–Crippen MR) is 93.9 cm³/mol. The summed E-state index contributed by atoms with van der Waals surface area (Å²) in [5, 5.41) is 0. The molecule has 6 nitrogen and oxygen atoms in total. The van der Waals surface area contributed by atoms with E-state index in [1.54, 1.807) is 4.90 Å². The van der Waals surface area contributed by atoms with Gasteiger partial charge in [0.2, 0.25) is 5.91 Å². The normalized spacial score (nSPS) is 23.9. The van der Waals surface area contributed by atoms with Gasteiger partial charge in [0, 0.05) is 19.6 Å². The molecule has 2 amide bonds. The Labute approximate surface area is 146 Å². The number of hydrogen-bond acceptors (Lipinski definition) is 4. The number of likely N-dealkylation sites (N-methyl/N-ethyl adjacent to an activating group) is 1. The standard InChI is InChI=1S/C18H33N3O3/c1-18(2,3)24-17(23)21-11-7-6-8-15(21)16(22)20(5)14-9-12-19(4)13-10-14/h14-15H,6-13H2,1-5H3/t15-/m1/s1. The maximum absolute atomic E-state index is 13.0. The van der Waals surface area contributed by atoms with Gasteiger partial charge in [0.15, 0.2) is 0 Å². The molecule has 0 aromatic rings. The first kappa shape index (κ1) is 19.0. The third-order valence-electron chi connectivity index (χ3n) is 5.00. The molecule has 2 aliphatic heterocycles. The van der Waals surface area contributed by atoms with Gasteiger partial charge in [-0.25, -0.2) is 4.79 Å². The molecule has 0 aromatic carbocycles. The summed E-state index contributed by atoms with van der Waals surface area (Å²) in [7, 11) is 4.00. The number of carbonyl (C=O) groups is 2. The van der Waals surface area contributed by atoms with E-state index in [0.29, 0.717) is 6.54 Å². The van der Waals surface area contributed by atoms with Crippen molar-refractivity contribution >= 4 is 12.0 Å². The molecule has 138 valence electrons. The second kappa shape index (κ2) is 7.72. The van der Waals surface area contributed by atoms with Gasteiger partial charge in [-0.15, -0.1) is 0 Å². The Hall–Kier alpha value is -1.30. The summed E-state index contributed by atoms with van der Waals surface area (Å²) in [6, 6.07) is -0.102. The number of carbonyl (C=O) groups excluding carboxylic acids is 2. The van der Waals surface area contributed by atoms with Crippen molar-refractivity contribution in [3.8, 4) is 0 Å². The lowest BCUT2D eigenvalue weighted by molar-refractivity contribution is -0.139. The molecule has 0 radical (unpaired) electrons. The fraction of sp³-hybridized carbons (Fsp3) is 0.889. The summed E-state index contributed by atoms with van der Waals surface area (Å²) < 4.78 is 5.51. The first-order chi connectivity index (χ1) is 11.2. The Balaban J connectivity index is 2.03. The lowest BCUT2D eigenvalue weighted by Gasteiger charge is -2.41.